The van der Waals surface area contributed by atoms with E-state index in [-0.39, 0.29) is 53.9 Å². The Labute approximate surface area is 416 Å². The predicted molar refractivity (Wildman–Crippen MR) is 271 cm³/mol. The van der Waals surface area contributed by atoms with Crippen molar-refractivity contribution in [3.05, 3.63) is 116 Å². The van der Waals surface area contributed by atoms with E-state index in [9.17, 15) is 32.9 Å². The molecule has 0 saturated carbocycles. The van der Waals surface area contributed by atoms with E-state index in [4.69, 9.17) is 24.7 Å². The first-order valence-corrected chi connectivity index (χ1v) is 26.1. The molecule has 2 atom stereocenters. The first kappa shape index (κ1) is 53.7. The van der Waals surface area contributed by atoms with Gasteiger partial charge in [0.2, 0.25) is 15.9 Å². The van der Waals surface area contributed by atoms with Gasteiger partial charge in [-0.15, -0.1) is 11.3 Å². The minimum absolute atomic E-state index is 0.0533. The monoisotopic (exact) mass is 1000 g/mol. The Morgan fingerprint density at radius 1 is 1.06 bits per heavy atom. The molecule has 0 radical (unpaired) electrons. The molecule has 1 fully saturated rings. The van der Waals surface area contributed by atoms with Gasteiger partial charge in [0, 0.05) is 35.0 Å². The molecule has 6 rings (SSSR count). The zero-order valence-corrected chi connectivity index (χ0v) is 43.7. The Balaban J connectivity index is 1.28. The number of unbranched alkanes of at least 4 members (excludes halogenated alkanes) is 1. The van der Waals surface area contributed by atoms with E-state index in [0.717, 1.165) is 89.6 Å². The number of hydrogen-bond donors (Lipinski definition) is 1. The van der Waals surface area contributed by atoms with Crippen LogP contribution in [0.3, 0.4) is 0 Å². The van der Waals surface area contributed by atoms with E-state index < -0.39 is 56.1 Å². The van der Waals surface area contributed by atoms with Gasteiger partial charge >= 0.3 is 12.1 Å². The van der Waals surface area contributed by atoms with Gasteiger partial charge in [0.05, 0.1) is 39.7 Å². The number of rotatable bonds is 19. The number of fused-ring (bicyclic) bond motifs is 1. The molecule has 378 valence electrons. The number of benzene rings is 3. The summed E-state index contributed by atoms with van der Waals surface area (Å²) in [7, 11) is -4.35. The van der Waals surface area contributed by atoms with Gasteiger partial charge < -0.3 is 24.7 Å². The van der Waals surface area contributed by atoms with Crippen LogP contribution in [0.25, 0.3) is 16.5 Å². The fraction of sp³-hybridized carbons (Fsp3) is 0.491. The summed E-state index contributed by atoms with van der Waals surface area (Å²) in [4.78, 5) is 54.1. The van der Waals surface area contributed by atoms with Gasteiger partial charge in [-0.25, -0.2) is 18.0 Å². The van der Waals surface area contributed by atoms with Crippen LogP contribution in [0.2, 0.25) is 0 Å². The molecule has 0 unspecified atom stereocenters. The first-order chi connectivity index (χ1) is 32.8. The molecule has 1 aliphatic heterocycles. The van der Waals surface area contributed by atoms with Crippen molar-refractivity contribution in [2.24, 2.45) is 17.1 Å². The Morgan fingerprint density at radius 2 is 1.76 bits per heavy atom. The number of carbonyl (C=O) groups excluding carboxylic acids is 3. The topological polar surface area (TPSA) is 198 Å². The fourth-order valence-corrected chi connectivity index (χ4v) is 12.0. The number of hydrogen-bond acceptors (Lipinski definition) is 12. The number of nitro groups is 1. The minimum Gasteiger partial charge on any atom is -0.489 e. The molecule has 2 amide bonds. The third kappa shape index (κ3) is 13.0. The number of primary amides is 1. The van der Waals surface area contributed by atoms with Gasteiger partial charge in [-0.1, -0.05) is 77.4 Å². The van der Waals surface area contributed by atoms with Crippen LogP contribution in [0.15, 0.2) is 77.7 Å². The average Bonchev–Trinajstić information content (AvgIpc) is 3.76. The lowest BCUT2D eigenvalue weighted by atomic mass is 9.76. The molecular formula is C53H68N4O11S2. The summed E-state index contributed by atoms with van der Waals surface area (Å²) in [6.45, 7) is 19.5. The number of nitrogens with zero attached hydrogens (tertiary/aromatic N) is 3. The van der Waals surface area contributed by atoms with Gasteiger partial charge in [-0.05, 0) is 131 Å². The minimum atomic E-state index is -4.35. The summed E-state index contributed by atoms with van der Waals surface area (Å²) >= 11 is 1.67. The van der Waals surface area contributed by atoms with Crippen LogP contribution < -0.4 is 10.5 Å². The van der Waals surface area contributed by atoms with E-state index in [2.05, 4.69) is 20.8 Å². The second-order valence-electron chi connectivity index (χ2n) is 20.8. The number of nitrogens with two attached hydrogens (primary N) is 1. The Bertz CT molecular complexity index is 2700. The molecule has 2 aliphatic rings. The maximum absolute atomic E-state index is 14.6. The molecular weight excluding hydrogens is 933 g/mol. The first-order valence-electron chi connectivity index (χ1n) is 23.9. The Hall–Kier alpha value is -5.62. The molecule has 15 nitrogen and oxygen atoms in total. The normalized spacial score (nSPS) is 17.7. The lowest BCUT2D eigenvalue weighted by Crippen LogP contribution is -2.52. The molecule has 2 heterocycles. The maximum atomic E-state index is 14.6. The lowest BCUT2D eigenvalue weighted by molar-refractivity contribution is -0.385. The van der Waals surface area contributed by atoms with Crippen LogP contribution in [0.1, 0.15) is 126 Å². The molecule has 1 saturated heterocycles. The molecule has 3 aromatic carbocycles. The SMILES string of the molecule is CCCCOC(=O)c1c(-c2ccccc2COc2ccc(C[C@H]3[C@@H](CN(CC(C)C)S(=O)(=O)c4ccc([N+](=O)[O-])c(/C=C/C(N)=O)c4)OC(C)(C)N3C(=O)OC(C)(C)C)cc2)sc2c1CC(C)(C)CC2. The second-order valence-corrected chi connectivity index (χ2v) is 23.8. The molecule has 70 heavy (non-hydrogen) atoms. The van der Waals surface area contributed by atoms with E-state index in [1.54, 1.807) is 46.0 Å². The number of esters is 1. The van der Waals surface area contributed by atoms with Crippen molar-refractivity contribution in [2.45, 2.75) is 143 Å². The Morgan fingerprint density at radius 3 is 2.40 bits per heavy atom. The largest absolute Gasteiger partial charge is 0.489 e. The van der Waals surface area contributed by atoms with Crippen molar-refractivity contribution in [3.63, 3.8) is 0 Å². The maximum Gasteiger partial charge on any atom is 0.412 e. The number of nitro benzene ring substituents is 1. The lowest BCUT2D eigenvalue weighted by Gasteiger charge is -2.35. The summed E-state index contributed by atoms with van der Waals surface area (Å²) in [5.74, 6) is -0.704. The summed E-state index contributed by atoms with van der Waals surface area (Å²) in [5, 5.41) is 11.8. The molecule has 0 spiro atoms. The highest BCUT2D eigenvalue weighted by molar-refractivity contribution is 7.89. The number of aryl methyl sites for hydroxylation is 1. The molecule has 4 aromatic rings. The third-order valence-corrected chi connectivity index (χ3v) is 15.5. The molecule has 1 aromatic heterocycles. The smallest absolute Gasteiger partial charge is 0.412 e. The summed E-state index contributed by atoms with van der Waals surface area (Å²) < 4.78 is 55.2. The van der Waals surface area contributed by atoms with Crippen LogP contribution >= 0.6 is 11.3 Å². The van der Waals surface area contributed by atoms with E-state index in [0.29, 0.717) is 17.9 Å². The van der Waals surface area contributed by atoms with Crippen LogP contribution in [0.4, 0.5) is 10.5 Å². The average molecular weight is 1000 g/mol. The van der Waals surface area contributed by atoms with Crippen molar-refractivity contribution in [1.29, 1.82) is 0 Å². The van der Waals surface area contributed by atoms with Crippen molar-refractivity contribution >= 4 is 51.1 Å². The number of sulfonamides is 1. The highest BCUT2D eigenvalue weighted by Gasteiger charge is 2.52. The molecule has 2 N–H and O–H groups in total. The highest BCUT2D eigenvalue weighted by Crippen LogP contribution is 2.46. The van der Waals surface area contributed by atoms with Gasteiger partial charge in [0.25, 0.3) is 5.69 Å². The number of thiophene rings is 1. The van der Waals surface area contributed by atoms with Crippen LogP contribution in [0, 0.1) is 21.4 Å². The number of carbonyl (C=O) groups is 3. The van der Waals surface area contributed by atoms with Crippen molar-refractivity contribution in [2.75, 3.05) is 19.7 Å². The van der Waals surface area contributed by atoms with Gasteiger partial charge in [-0.2, -0.15) is 4.31 Å². The van der Waals surface area contributed by atoms with Gasteiger partial charge in [0.15, 0.2) is 0 Å². The zero-order chi connectivity index (χ0) is 51.3. The van der Waals surface area contributed by atoms with Crippen molar-refractivity contribution < 1.29 is 46.7 Å². The van der Waals surface area contributed by atoms with Gasteiger partial charge in [-0.3, -0.25) is 19.8 Å². The van der Waals surface area contributed by atoms with E-state index in [1.807, 2.05) is 62.4 Å². The van der Waals surface area contributed by atoms with Crippen LogP contribution in [0.5, 0.6) is 5.75 Å². The van der Waals surface area contributed by atoms with Crippen molar-refractivity contribution in [1.82, 2.24) is 9.21 Å². The quantitative estimate of drug-likeness (QED) is 0.0308. The summed E-state index contributed by atoms with van der Waals surface area (Å²) in [5.41, 5.74) is 7.15. The molecule has 1 aliphatic carbocycles. The Kier molecular flexibility index (Phi) is 16.7. The van der Waals surface area contributed by atoms with Gasteiger partial charge in [0.1, 0.15) is 23.7 Å². The number of amides is 2. The van der Waals surface area contributed by atoms with Crippen molar-refractivity contribution in [3.8, 4) is 16.2 Å². The fourth-order valence-electron chi connectivity index (χ4n) is 9.01. The molecule has 17 heteroatoms. The number of ether oxygens (including phenoxy) is 4. The summed E-state index contributed by atoms with van der Waals surface area (Å²) in [6.07, 6.45) is 5.28. The van der Waals surface area contributed by atoms with E-state index in [1.165, 1.54) is 14.1 Å². The summed E-state index contributed by atoms with van der Waals surface area (Å²) in [6, 6.07) is 18.1. The standard InChI is InChI=1S/C53H68N4O11S2/c1-11-12-27-65-49(59)47-41-30-52(7,8)26-25-45(41)69-48(47)40-16-14-13-15-37(40)33-66-38-20-17-35(18-21-38)28-43-44(67-53(9,10)56(43)50(60)68-51(4,5)6)32-55(31-34(2)3)70(63,64)39-22-23-42(57(61)62)36(29-39)19-24-46(54)58/h13-24,29,34,43-44H,11-12,25-28,30-33H2,1-10H3,(H2,54,58)/b24-19+/t43-,44+/m0/s1. The second kappa shape index (κ2) is 21.8. The van der Waals surface area contributed by atoms with E-state index >= 15 is 0 Å². The third-order valence-electron chi connectivity index (χ3n) is 12.3. The van der Waals surface area contributed by atoms with Crippen LogP contribution in [-0.4, -0.2) is 83.7 Å². The molecule has 0 bridgehead atoms. The highest BCUT2D eigenvalue weighted by atomic mass is 32.2. The zero-order valence-electron chi connectivity index (χ0n) is 42.0. The predicted octanol–water partition coefficient (Wildman–Crippen LogP) is 10.5. The van der Waals surface area contributed by atoms with Crippen LogP contribution in [-0.2, 0) is 54.9 Å².